The molecule has 2 amide bonds. The van der Waals surface area contributed by atoms with Gasteiger partial charge in [-0.15, -0.1) is 0 Å². The molecule has 3 rings (SSSR count). The topological polar surface area (TPSA) is 79.8 Å². The first-order valence-electron chi connectivity index (χ1n) is 9.29. The average molecular weight is 440 g/mol. The molecular weight excluding hydrogens is 421 g/mol. The smallest absolute Gasteiger partial charge is 0.329 e. The van der Waals surface area contributed by atoms with E-state index in [1.807, 2.05) is 0 Å². The second-order valence-electron chi connectivity index (χ2n) is 6.55. The van der Waals surface area contributed by atoms with Gasteiger partial charge in [0, 0.05) is 10.7 Å². The molecule has 0 aliphatic rings. The lowest BCUT2D eigenvalue weighted by atomic mass is 10.2. The maximum atomic E-state index is 13.2. The Morgan fingerprint density at radius 2 is 1.81 bits per heavy atom. The molecule has 2 N–H and O–H groups in total. The van der Waals surface area contributed by atoms with E-state index >= 15 is 0 Å². The Bertz CT molecular complexity index is 1120. The van der Waals surface area contributed by atoms with E-state index in [0.29, 0.717) is 27.6 Å². The molecule has 0 saturated carbocycles. The molecule has 0 aromatic heterocycles. The zero-order valence-corrected chi connectivity index (χ0v) is 17.3. The SMILES string of the molecule is Cc1c(Cl)cccc1NC(=O)C(=O)N/N=C/c1ccc(OCc2cccc(F)c2)cc1. The fourth-order valence-corrected chi connectivity index (χ4v) is 2.76. The van der Waals surface area contributed by atoms with Crippen LogP contribution < -0.4 is 15.5 Å². The van der Waals surface area contributed by atoms with Gasteiger partial charge >= 0.3 is 11.8 Å². The third-order valence-electron chi connectivity index (χ3n) is 4.28. The van der Waals surface area contributed by atoms with Crippen molar-refractivity contribution in [3.8, 4) is 5.75 Å². The average Bonchev–Trinajstić information content (AvgIpc) is 2.76. The van der Waals surface area contributed by atoms with Crippen molar-refractivity contribution in [2.45, 2.75) is 13.5 Å². The number of nitrogens with zero attached hydrogens (tertiary/aromatic N) is 1. The molecule has 0 atom stereocenters. The van der Waals surface area contributed by atoms with Gasteiger partial charge in [-0.3, -0.25) is 9.59 Å². The van der Waals surface area contributed by atoms with E-state index in [9.17, 15) is 14.0 Å². The third kappa shape index (κ3) is 6.38. The molecule has 0 aliphatic heterocycles. The number of hydrogen-bond donors (Lipinski definition) is 2. The molecule has 158 valence electrons. The Morgan fingerprint density at radius 1 is 1.06 bits per heavy atom. The highest BCUT2D eigenvalue weighted by Crippen LogP contribution is 2.22. The van der Waals surface area contributed by atoms with Gasteiger partial charge in [-0.1, -0.05) is 29.8 Å². The molecule has 0 aliphatic carbocycles. The first-order valence-corrected chi connectivity index (χ1v) is 9.67. The minimum absolute atomic E-state index is 0.239. The molecule has 0 radical (unpaired) electrons. The molecule has 0 bridgehead atoms. The molecule has 3 aromatic carbocycles. The van der Waals surface area contributed by atoms with E-state index < -0.39 is 11.8 Å². The van der Waals surface area contributed by atoms with Gasteiger partial charge in [0.25, 0.3) is 0 Å². The maximum Gasteiger partial charge on any atom is 0.329 e. The van der Waals surface area contributed by atoms with Crippen LogP contribution in [0.15, 0.2) is 71.8 Å². The predicted molar refractivity (Wildman–Crippen MR) is 118 cm³/mol. The lowest BCUT2D eigenvalue weighted by molar-refractivity contribution is -0.136. The quantitative estimate of drug-likeness (QED) is 0.338. The number of benzene rings is 3. The van der Waals surface area contributed by atoms with Crippen molar-refractivity contribution in [2.24, 2.45) is 5.10 Å². The summed E-state index contributed by atoms with van der Waals surface area (Å²) in [7, 11) is 0. The number of ether oxygens (including phenoxy) is 1. The van der Waals surface area contributed by atoms with E-state index in [1.165, 1.54) is 18.3 Å². The van der Waals surface area contributed by atoms with Crippen LogP contribution in [0.4, 0.5) is 10.1 Å². The van der Waals surface area contributed by atoms with Crippen molar-refractivity contribution >= 4 is 35.3 Å². The van der Waals surface area contributed by atoms with E-state index in [0.717, 1.165) is 5.56 Å². The summed E-state index contributed by atoms with van der Waals surface area (Å²) in [5.41, 5.74) is 4.69. The molecular formula is C23H19ClFN3O3. The van der Waals surface area contributed by atoms with E-state index in [4.69, 9.17) is 16.3 Å². The Morgan fingerprint density at radius 3 is 2.55 bits per heavy atom. The van der Waals surface area contributed by atoms with Gasteiger partial charge in [0.1, 0.15) is 18.2 Å². The summed E-state index contributed by atoms with van der Waals surface area (Å²) in [4.78, 5) is 23.9. The van der Waals surface area contributed by atoms with Crippen LogP contribution >= 0.6 is 11.6 Å². The molecule has 0 saturated heterocycles. The van der Waals surface area contributed by atoms with Gasteiger partial charge < -0.3 is 10.1 Å². The molecule has 0 fully saturated rings. The molecule has 0 heterocycles. The fourth-order valence-electron chi connectivity index (χ4n) is 2.58. The Hall–Kier alpha value is -3.71. The van der Waals surface area contributed by atoms with Crippen LogP contribution in [0.2, 0.25) is 5.02 Å². The van der Waals surface area contributed by atoms with Gasteiger partial charge in [-0.05, 0) is 72.1 Å². The second-order valence-corrected chi connectivity index (χ2v) is 6.96. The van der Waals surface area contributed by atoms with Gasteiger partial charge in [0.05, 0.1) is 6.21 Å². The molecule has 0 unspecified atom stereocenters. The normalized spacial score (nSPS) is 10.7. The van der Waals surface area contributed by atoms with Crippen molar-refractivity contribution in [3.63, 3.8) is 0 Å². The minimum atomic E-state index is -0.911. The van der Waals surface area contributed by atoms with Crippen molar-refractivity contribution in [1.82, 2.24) is 5.43 Å². The van der Waals surface area contributed by atoms with Crippen molar-refractivity contribution in [1.29, 1.82) is 0 Å². The highest BCUT2D eigenvalue weighted by Gasteiger charge is 2.14. The summed E-state index contributed by atoms with van der Waals surface area (Å²) in [6.45, 7) is 1.97. The van der Waals surface area contributed by atoms with E-state index in [1.54, 1.807) is 61.5 Å². The number of halogens is 2. The van der Waals surface area contributed by atoms with E-state index in [-0.39, 0.29) is 12.4 Å². The predicted octanol–water partition coefficient (Wildman–Crippen LogP) is 4.46. The van der Waals surface area contributed by atoms with Crippen LogP contribution in [0.5, 0.6) is 5.75 Å². The zero-order chi connectivity index (χ0) is 22.2. The number of hydrazone groups is 1. The van der Waals surface area contributed by atoms with Crippen molar-refractivity contribution in [3.05, 3.63) is 94.3 Å². The summed E-state index contributed by atoms with van der Waals surface area (Å²) in [5, 5.41) is 6.76. The number of hydrogen-bond acceptors (Lipinski definition) is 4. The Balaban J connectivity index is 1.49. The van der Waals surface area contributed by atoms with Gasteiger partial charge in [-0.2, -0.15) is 5.10 Å². The zero-order valence-electron chi connectivity index (χ0n) is 16.6. The van der Waals surface area contributed by atoms with Crippen molar-refractivity contribution < 1.29 is 18.7 Å². The van der Waals surface area contributed by atoms with Gasteiger partial charge in [0.2, 0.25) is 0 Å². The summed E-state index contributed by atoms with van der Waals surface area (Å²) in [6, 6.07) is 18.1. The fraction of sp³-hybridized carbons (Fsp3) is 0.0870. The number of carbonyl (C=O) groups is 2. The number of rotatable bonds is 6. The van der Waals surface area contributed by atoms with Crippen LogP contribution in [-0.2, 0) is 16.2 Å². The second kappa shape index (κ2) is 10.4. The van der Waals surface area contributed by atoms with Gasteiger partial charge in [0.15, 0.2) is 0 Å². The summed E-state index contributed by atoms with van der Waals surface area (Å²) >= 11 is 6.00. The molecule has 8 heteroatoms. The van der Waals surface area contributed by atoms with Crippen LogP contribution in [0.25, 0.3) is 0 Å². The monoisotopic (exact) mass is 439 g/mol. The summed E-state index contributed by atoms with van der Waals surface area (Å²) < 4.78 is 18.8. The number of carbonyl (C=O) groups excluding carboxylic acids is 2. The molecule has 6 nitrogen and oxygen atoms in total. The molecule has 3 aromatic rings. The Labute approximate surface area is 183 Å². The summed E-state index contributed by atoms with van der Waals surface area (Å²) in [6.07, 6.45) is 1.40. The number of amides is 2. The highest BCUT2D eigenvalue weighted by atomic mass is 35.5. The van der Waals surface area contributed by atoms with Crippen molar-refractivity contribution in [2.75, 3.05) is 5.32 Å². The van der Waals surface area contributed by atoms with Gasteiger partial charge in [-0.25, -0.2) is 9.82 Å². The van der Waals surface area contributed by atoms with Crippen LogP contribution in [0.1, 0.15) is 16.7 Å². The van der Waals surface area contributed by atoms with Crippen LogP contribution in [0.3, 0.4) is 0 Å². The minimum Gasteiger partial charge on any atom is -0.489 e. The first kappa shape index (κ1) is 22.0. The Kier molecular flexibility index (Phi) is 7.35. The lowest BCUT2D eigenvalue weighted by Gasteiger charge is -2.08. The third-order valence-corrected chi connectivity index (χ3v) is 4.69. The number of anilines is 1. The maximum absolute atomic E-state index is 13.2. The van der Waals surface area contributed by atoms with E-state index in [2.05, 4.69) is 15.8 Å². The summed E-state index contributed by atoms with van der Waals surface area (Å²) in [5.74, 6) is -1.48. The first-order chi connectivity index (χ1) is 14.9. The van der Waals surface area contributed by atoms with Crippen LogP contribution in [0, 0.1) is 12.7 Å². The molecule has 31 heavy (non-hydrogen) atoms. The largest absolute Gasteiger partial charge is 0.489 e. The van der Waals surface area contributed by atoms with Crippen LogP contribution in [-0.4, -0.2) is 18.0 Å². The lowest BCUT2D eigenvalue weighted by Crippen LogP contribution is -2.32. The molecule has 0 spiro atoms. The number of nitrogens with one attached hydrogen (secondary N) is 2. The highest BCUT2D eigenvalue weighted by molar-refractivity contribution is 6.40. The standard InChI is InChI=1S/C23H19ClFN3O3/c1-15-20(24)6-3-7-21(15)27-22(29)23(30)28-26-13-16-8-10-19(11-9-16)31-14-17-4-2-5-18(25)12-17/h2-13H,14H2,1H3,(H,27,29)(H,28,30)/b26-13+.